The quantitative estimate of drug-likeness (QED) is 0.833. The van der Waals surface area contributed by atoms with E-state index in [-0.39, 0.29) is 6.61 Å². The average molecular weight is 290 g/mol. The van der Waals surface area contributed by atoms with Crippen molar-refractivity contribution in [3.63, 3.8) is 0 Å². The first-order chi connectivity index (χ1) is 10.1. The molecule has 2 amide bonds. The number of hydrogen-bond acceptors (Lipinski definition) is 3. The lowest BCUT2D eigenvalue weighted by Gasteiger charge is -2.23. The van der Waals surface area contributed by atoms with Gasteiger partial charge in [0.2, 0.25) is 0 Å². The second-order valence-corrected chi connectivity index (χ2v) is 4.76. The molecule has 1 aliphatic heterocycles. The summed E-state index contributed by atoms with van der Waals surface area (Å²) in [6.07, 6.45) is 1.07. The Balaban J connectivity index is 1.69. The van der Waals surface area contributed by atoms with E-state index in [9.17, 15) is 9.59 Å². The standard InChI is InChI=1S/C15H18N2O4/c18-14(21-11-13-4-2-1-3-5-13)16-10-12-6-8-17(9-7-12)15(19)20/h1-6H,7-11H2,(H,16,18)(H,19,20). The van der Waals surface area contributed by atoms with E-state index in [1.165, 1.54) is 4.90 Å². The van der Waals surface area contributed by atoms with E-state index < -0.39 is 12.2 Å². The lowest BCUT2D eigenvalue weighted by Crippen LogP contribution is -2.35. The molecule has 0 fully saturated rings. The molecule has 2 N–H and O–H groups in total. The molecular formula is C15H18N2O4. The van der Waals surface area contributed by atoms with Gasteiger partial charge in [-0.25, -0.2) is 9.59 Å². The maximum Gasteiger partial charge on any atom is 0.407 e. The Morgan fingerprint density at radius 2 is 2.05 bits per heavy atom. The Kier molecular flexibility index (Phi) is 5.20. The molecule has 1 aromatic rings. The van der Waals surface area contributed by atoms with Crippen LogP contribution in [0.15, 0.2) is 42.0 Å². The van der Waals surface area contributed by atoms with Crippen LogP contribution in [0.2, 0.25) is 0 Å². The van der Waals surface area contributed by atoms with Crippen molar-refractivity contribution >= 4 is 12.2 Å². The largest absolute Gasteiger partial charge is 0.465 e. The molecule has 112 valence electrons. The Morgan fingerprint density at radius 3 is 2.67 bits per heavy atom. The van der Waals surface area contributed by atoms with Crippen LogP contribution in [-0.2, 0) is 11.3 Å². The summed E-state index contributed by atoms with van der Waals surface area (Å²) in [6.45, 7) is 1.45. The predicted molar refractivity (Wildman–Crippen MR) is 76.9 cm³/mol. The Bertz CT molecular complexity index is 528. The number of carbonyl (C=O) groups is 2. The zero-order valence-corrected chi connectivity index (χ0v) is 11.6. The van der Waals surface area contributed by atoms with Gasteiger partial charge in [-0.2, -0.15) is 0 Å². The van der Waals surface area contributed by atoms with E-state index in [1.54, 1.807) is 0 Å². The second kappa shape index (κ2) is 7.33. The first kappa shape index (κ1) is 14.9. The van der Waals surface area contributed by atoms with Gasteiger partial charge in [0, 0.05) is 19.6 Å². The summed E-state index contributed by atoms with van der Waals surface area (Å²) in [5, 5.41) is 11.5. The summed E-state index contributed by atoms with van der Waals surface area (Å²) in [5.41, 5.74) is 1.95. The molecular weight excluding hydrogens is 272 g/mol. The molecule has 6 nitrogen and oxygen atoms in total. The van der Waals surface area contributed by atoms with Crippen LogP contribution in [0.5, 0.6) is 0 Å². The van der Waals surface area contributed by atoms with Crippen LogP contribution in [0.4, 0.5) is 9.59 Å². The number of hydrogen-bond donors (Lipinski definition) is 2. The summed E-state index contributed by atoms with van der Waals surface area (Å²) >= 11 is 0. The van der Waals surface area contributed by atoms with Crippen LogP contribution >= 0.6 is 0 Å². The lowest BCUT2D eigenvalue weighted by atomic mass is 10.1. The Labute approximate surface area is 123 Å². The highest BCUT2D eigenvalue weighted by atomic mass is 16.5. The average Bonchev–Trinajstić information content (AvgIpc) is 2.52. The van der Waals surface area contributed by atoms with Crippen LogP contribution in [0.1, 0.15) is 12.0 Å². The third-order valence-corrected chi connectivity index (χ3v) is 3.25. The number of rotatable bonds is 4. The van der Waals surface area contributed by atoms with Crippen molar-refractivity contribution in [3.8, 4) is 0 Å². The normalized spacial score (nSPS) is 14.3. The van der Waals surface area contributed by atoms with Crippen molar-refractivity contribution in [2.24, 2.45) is 0 Å². The van der Waals surface area contributed by atoms with Gasteiger partial charge in [0.05, 0.1) is 0 Å². The smallest absolute Gasteiger partial charge is 0.407 e. The van der Waals surface area contributed by atoms with Gasteiger partial charge < -0.3 is 20.1 Å². The second-order valence-electron chi connectivity index (χ2n) is 4.76. The van der Waals surface area contributed by atoms with Gasteiger partial charge >= 0.3 is 12.2 Å². The third-order valence-electron chi connectivity index (χ3n) is 3.25. The zero-order valence-electron chi connectivity index (χ0n) is 11.6. The number of benzene rings is 1. The first-order valence-corrected chi connectivity index (χ1v) is 6.75. The van der Waals surface area contributed by atoms with Crippen LogP contribution in [0.25, 0.3) is 0 Å². The number of ether oxygens (including phenoxy) is 1. The molecule has 0 bridgehead atoms. The molecule has 1 heterocycles. The number of amides is 2. The van der Waals surface area contributed by atoms with E-state index >= 15 is 0 Å². The molecule has 1 aliphatic rings. The van der Waals surface area contributed by atoms with Crippen LogP contribution in [0, 0.1) is 0 Å². The molecule has 0 saturated heterocycles. The molecule has 0 aliphatic carbocycles. The minimum absolute atomic E-state index is 0.235. The van der Waals surface area contributed by atoms with E-state index in [0.29, 0.717) is 26.1 Å². The van der Waals surface area contributed by atoms with E-state index in [2.05, 4.69) is 5.32 Å². The van der Waals surface area contributed by atoms with Crippen LogP contribution in [-0.4, -0.2) is 41.8 Å². The first-order valence-electron chi connectivity index (χ1n) is 6.75. The van der Waals surface area contributed by atoms with Crippen molar-refractivity contribution < 1.29 is 19.4 Å². The number of carboxylic acid groups (broad SMARTS) is 1. The van der Waals surface area contributed by atoms with Crippen LogP contribution in [0.3, 0.4) is 0 Å². The number of nitrogens with one attached hydrogen (secondary N) is 1. The fourth-order valence-electron chi connectivity index (χ4n) is 2.01. The monoisotopic (exact) mass is 290 g/mol. The van der Waals surface area contributed by atoms with E-state index in [1.807, 2.05) is 36.4 Å². The molecule has 0 spiro atoms. The summed E-state index contributed by atoms with van der Waals surface area (Å²) < 4.78 is 5.10. The third kappa shape index (κ3) is 4.83. The molecule has 0 atom stereocenters. The number of alkyl carbamates (subject to hydrolysis) is 1. The summed E-state index contributed by atoms with van der Waals surface area (Å²) in [5.74, 6) is 0. The molecule has 2 rings (SSSR count). The number of nitrogens with zero attached hydrogens (tertiary/aromatic N) is 1. The SMILES string of the molecule is O=C(NCC1=CCN(C(=O)O)CC1)OCc1ccccc1. The van der Waals surface area contributed by atoms with E-state index in [0.717, 1.165) is 11.1 Å². The van der Waals surface area contributed by atoms with Gasteiger partial charge in [-0.3, -0.25) is 0 Å². The fourth-order valence-corrected chi connectivity index (χ4v) is 2.01. The predicted octanol–water partition coefficient (Wildman–Crippen LogP) is 2.22. The van der Waals surface area contributed by atoms with Gasteiger partial charge in [0.15, 0.2) is 0 Å². The Morgan fingerprint density at radius 1 is 1.29 bits per heavy atom. The Hall–Kier alpha value is -2.50. The molecule has 6 heteroatoms. The lowest BCUT2D eigenvalue weighted by molar-refractivity contribution is 0.139. The minimum atomic E-state index is -0.916. The maximum absolute atomic E-state index is 11.6. The molecule has 0 saturated carbocycles. The molecule has 1 aromatic carbocycles. The van der Waals surface area contributed by atoms with Crippen molar-refractivity contribution in [3.05, 3.63) is 47.5 Å². The minimum Gasteiger partial charge on any atom is -0.465 e. The molecule has 21 heavy (non-hydrogen) atoms. The summed E-state index contributed by atoms with van der Waals surface area (Å²) in [7, 11) is 0. The van der Waals surface area contributed by atoms with Crippen molar-refractivity contribution in [1.82, 2.24) is 10.2 Å². The molecule has 0 radical (unpaired) electrons. The van der Waals surface area contributed by atoms with Crippen molar-refractivity contribution in [1.29, 1.82) is 0 Å². The zero-order chi connectivity index (χ0) is 15.1. The highest BCUT2D eigenvalue weighted by Crippen LogP contribution is 2.10. The number of carbonyl (C=O) groups excluding carboxylic acids is 1. The molecule has 0 aromatic heterocycles. The van der Waals surface area contributed by atoms with Gasteiger partial charge in [-0.05, 0) is 12.0 Å². The molecule has 0 unspecified atom stereocenters. The summed E-state index contributed by atoms with van der Waals surface area (Å²) in [4.78, 5) is 23.7. The van der Waals surface area contributed by atoms with E-state index in [4.69, 9.17) is 9.84 Å². The highest BCUT2D eigenvalue weighted by molar-refractivity contribution is 5.68. The van der Waals surface area contributed by atoms with Gasteiger partial charge in [-0.1, -0.05) is 42.0 Å². The maximum atomic E-state index is 11.6. The van der Waals surface area contributed by atoms with Gasteiger partial charge in [0.25, 0.3) is 0 Å². The van der Waals surface area contributed by atoms with Crippen molar-refractivity contribution in [2.75, 3.05) is 19.6 Å². The van der Waals surface area contributed by atoms with Gasteiger partial charge in [-0.15, -0.1) is 0 Å². The van der Waals surface area contributed by atoms with Crippen LogP contribution < -0.4 is 5.32 Å². The summed E-state index contributed by atoms with van der Waals surface area (Å²) in [6, 6.07) is 9.45. The highest BCUT2D eigenvalue weighted by Gasteiger charge is 2.16. The van der Waals surface area contributed by atoms with Crippen molar-refractivity contribution in [2.45, 2.75) is 13.0 Å². The van der Waals surface area contributed by atoms with Gasteiger partial charge in [0.1, 0.15) is 6.61 Å². The topological polar surface area (TPSA) is 78.9 Å². The fraction of sp³-hybridized carbons (Fsp3) is 0.333.